The van der Waals surface area contributed by atoms with Gasteiger partial charge in [0.15, 0.2) is 6.61 Å². The summed E-state index contributed by atoms with van der Waals surface area (Å²) in [7, 11) is 0. The van der Waals surface area contributed by atoms with E-state index in [0.717, 1.165) is 45.2 Å². The van der Waals surface area contributed by atoms with Gasteiger partial charge in [-0.15, -0.1) is 0 Å². The average Bonchev–Trinajstić information content (AvgIpc) is 3.20. The SMILES string of the molecule is O=C(COc1coc(CN2CCc3ccccc3C2)cc1=O)NC1CCCC1. The normalized spacial score (nSPS) is 17.3. The smallest absolute Gasteiger partial charge is 0.258 e. The van der Waals surface area contributed by atoms with Crippen molar-refractivity contribution in [1.82, 2.24) is 10.2 Å². The lowest BCUT2D eigenvalue weighted by Crippen LogP contribution is -2.36. The van der Waals surface area contributed by atoms with Crippen LogP contribution < -0.4 is 15.5 Å². The van der Waals surface area contributed by atoms with E-state index < -0.39 is 0 Å². The molecule has 148 valence electrons. The average molecular weight is 382 g/mol. The Hall–Kier alpha value is -2.60. The Labute approximate surface area is 164 Å². The van der Waals surface area contributed by atoms with Crippen LogP contribution in [-0.4, -0.2) is 30.0 Å². The maximum atomic E-state index is 12.3. The second-order valence-electron chi connectivity index (χ2n) is 7.64. The third kappa shape index (κ3) is 4.62. The molecule has 0 spiro atoms. The molecule has 1 amide bonds. The Morgan fingerprint density at radius 2 is 2.00 bits per heavy atom. The summed E-state index contributed by atoms with van der Waals surface area (Å²) in [5.41, 5.74) is 2.46. The summed E-state index contributed by atoms with van der Waals surface area (Å²) in [4.78, 5) is 26.5. The number of carbonyl (C=O) groups excluding carboxylic acids is 1. The second-order valence-corrected chi connectivity index (χ2v) is 7.64. The third-order valence-corrected chi connectivity index (χ3v) is 5.52. The van der Waals surface area contributed by atoms with Gasteiger partial charge >= 0.3 is 0 Å². The summed E-state index contributed by atoms with van der Waals surface area (Å²) in [5, 5.41) is 2.94. The van der Waals surface area contributed by atoms with Gasteiger partial charge in [0.25, 0.3) is 5.91 Å². The molecule has 0 saturated heterocycles. The van der Waals surface area contributed by atoms with Crippen LogP contribution in [0.2, 0.25) is 0 Å². The van der Waals surface area contributed by atoms with Crippen molar-refractivity contribution < 1.29 is 13.9 Å². The van der Waals surface area contributed by atoms with Crippen LogP contribution in [-0.2, 0) is 24.3 Å². The fourth-order valence-electron chi connectivity index (χ4n) is 4.02. The van der Waals surface area contributed by atoms with Gasteiger partial charge in [0.2, 0.25) is 11.2 Å². The first-order chi connectivity index (χ1) is 13.7. The number of benzene rings is 1. The molecule has 1 saturated carbocycles. The van der Waals surface area contributed by atoms with Crippen molar-refractivity contribution in [2.24, 2.45) is 0 Å². The van der Waals surface area contributed by atoms with E-state index in [-0.39, 0.29) is 29.7 Å². The van der Waals surface area contributed by atoms with E-state index in [1.165, 1.54) is 23.5 Å². The van der Waals surface area contributed by atoms with Crippen molar-refractivity contribution in [1.29, 1.82) is 0 Å². The monoisotopic (exact) mass is 382 g/mol. The third-order valence-electron chi connectivity index (χ3n) is 5.52. The molecule has 2 aliphatic rings. The number of fused-ring (bicyclic) bond motifs is 1. The van der Waals surface area contributed by atoms with Crippen molar-refractivity contribution in [2.75, 3.05) is 13.2 Å². The summed E-state index contributed by atoms with van der Waals surface area (Å²) < 4.78 is 11.0. The van der Waals surface area contributed by atoms with E-state index in [9.17, 15) is 9.59 Å². The first-order valence-corrected chi connectivity index (χ1v) is 10.0. The van der Waals surface area contributed by atoms with Gasteiger partial charge in [0.1, 0.15) is 12.0 Å². The van der Waals surface area contributed by atoms with Crippen LogP contribution in [0, 0.1) is 0 Å². The molecule has 6 nitrogen and oxygen atoms in total. The topological polar surface area (TPSA) is 71.8 Å². The molecule has 0 bridgehead atoms. The predicted molar refractivity (Wildman–Crippen MR) is 105 cm³/mol. The largest absolute Gasteiger partial charge is 0.477 e. The first-order valence-electron chi connectivity index (χ1n) is 10.0. The van der Waals surface area contributed by atoms with Crippen LogP contribution in [0.25, 0.3) is 0 Å². The Bertz CT molecular complexity index is 886. The van der Waals surface area contributed by atoms with Gasteiger partial charge in [-0.2, -0.15) is 0 Å². The van der Waals surface area contributed by atoms with Crippen molar-refractivity contribution >= 4 is 5.91 Å². The molecule has 2 heterocycles. The zero-order valence-corrected chi connectivity index (χ0v) is 16.0. The number of nitrogens with zero attached hydrogens (tertiary/aromatic N) is 1. The number of ether oxygens (including phenoxy) is 1. The molecular formula is C22H26N2O4. The molecule has 1 aliphatic carbocycles. The molecule has 2 aromatic rings. The Kier molecular flexibility index (Phi) is 5.76. The van der Waals surface area contributed by atoms with Crippen LogP contribution >= 0.6 is 0 Å². The van der Waals surface area contributed by atoms with Gasteiger partial charge in [-0.05, 0) is 30.4 Å². The van der Waals surface area contributed by atoms with Crippen molar-refractivity contribution in [2.45, 2.75) is 51.2 Å². The zero-order chi connectivity index (χ0) is 19.3. The van der Waals surface area contributed by atoms with Crippen LogP contribution in [0.5, 0.6) is 5.75 Å². The minimum Gasteiger partial charge on any atom is -0.477 e. The summed E-state index contributed by atoms with van der Waals surface area (Å²) in [6.07, 6.45) is 6.65. The maximum Gasteiger partial charge on any atom is 0.258 e. The highest BCUT2D eigenvalue weighted by molar-refractivity contribution is 5.77. The molecule has 1 N–H and O–H groups in total. The number of nitrogens with one attached hydrogen (secondary N) is 1. The van der Waals surface area contributed by atoms with Crippen LogP contribution in [0.1, 0.15) is 42.6 Å². The van der Waals surface area contributed by atoms with E-state index in [1.54, 1.807) is 0 Å². The number of hydrogen-bond acceptors (Lipinski definition) is 5. The minimum atomic E-state index is -0.257. The molecule has 1 aromatic heterocycles. The van der Waals surface area contributed by atoms with Crippen LogP contribution in [0.4, 0.5) is 0 Å². The van der Waals surface area contributed by atoms with Crippen LogP contribution in [0.3, 0.4) is 0 Å². The Morgan fingerprint density at radius 1 is 1.21 bits per heavy atom. The Morgan fingerprint density at radius 3 is 2.79 bits per heavy atom. The van der Waals surface area contributed by atoms with Gasteiger partial charge in [-0.1, -0.05) is 37.1 Å². The molecule has 6 heteroatoms. The molecular weight excluding hydrogens is 356 g/mol. The highest BCUT2D eigenvalue weighted by Crippen LogP contribution is 2.20. The standard InChI is InChI=1S/C22H26N2O4/c25-20-11-19(13-24-10-9-16-5-1-2-6-17(16)12-24)27-14-21(20)28-15-22(26)23-18-7-3-4-8-18/h1-2,5-6,11,14,18H,3-4,7-10,12-13,15H2,(H,23,26). The van der Waals surface area contributed by atoms with E-state index >= 15 is 0 Å². The predicted octanol–water partition coefficient (Wildman–Crippen LogP) is 2.64. The second kappa shape index (κ2) is 8.61. The van der Waals surface area contributed by atoms with Gasteiger partial charge < -0.3 is 14.5 Å². The molecule has 1 fully saturated rings. The summed E-state index contributed by atoms with van der Waals surface area (Å²) in [6.45, 7) is 2.19. The Balaban J connectivity index is 1.30. The lowest BCUT2D eigenvalue weighted by Gasteiger charge is -2.28. The number of rotatable bonds is 6. The van der Waals surface area contributed by atoms with E-state index in [2.05, 4.69) is 34.5 Å². The fourth-order valence-corrected chi connectivity index (χ4v) is 4.02. The van der Waals surface area contributed by atoms with Gasteiger partial charge in [0, 0.05) is 25.2 Å². The van der Waals surface area contributed by atoms with Crippen molar-refractivity contribution in [3.8, 4) is 5.75 Å². The molecule has 0 atom stereocenters. The highest BCUT2D eigenvalue weighted by atomic mass is 16.5. The van der Waals surface area contributed by atoms with Crippen molar-refractivity contribution in [3.05, 3.63) is 63.7 Å². The van der Waals surface area contributed by atoms with E-state index in [0.29, 0.717) is 12.3 Å². The first kappa shape index (κ1) is 18.7. The van der Waals surface area contributed by atoms with E-state index in [1.807, 2.05) is 0 Å². The van der Waals surface area contributed by atoms with Crippen molar-refractivity contribution in [3.63, 3.8) is 0 Å². The fraction of sp³-hybridized carbons (Fsp3) is 0.455. The minimum absolute atomic E-state index is 0.0781. The zero-order valence-electron chi connectivity index (χ0n) is 16.0. The van der Waals surface area contributed by atoms with Gasteiger partial charge in [0.05, 0.1) is 6.54 Å². The lowest BCUT2D eigenvalue weighted by atomic mass is 10.00. The van der Waals surface area contributed by atoms with Crippen LogP contribution in [0.15, 0.2) is 45.8 Å². The summed E-state index contributed by atoms with van der Waals surface area (Å²) in [6, 6.07) is 10.1. The lowest BCUT2D eigenvalue weighted by molar-refractivity contribution is -0.123. The highest BCUT2D eigenvalue weighted by Gasteiger charge is 2.19. The molecule has 0 radical (unpaired) electrons. The molecule has 28 heavy (non-hydrogen) atoms. The molecule has 1 aliphatic heterocycles. The molecule has 4 rings (SSSR count). The quantitative estimate of drug-likeness (QED) is 0.832. The molecule has 1 aromatic carbocycles. The number of hydrogen-bond donors (Lipinski definition) is 1. The van der Waals surface area contributed by atoms with E-state index in [4.69, 9.17) is 9.15 Å². The number of amides is 1. The van der Waals surface area contributed by atoms with Gasteiger partial charge in [-0.3, -0.25) is 14.5 Å². The summed E-state index contributed by atoms with van der Waals surface area (Å²) in [5.74, 6) is 0.490. The molecule has 0 unspecified atom stereocenters. The number of carbonyl (C=O) groups is 1. The van der Waals surface area contributed by atoms with Gasteiger partial charge in [-0.25, -0.2) is 0 Å². The maximum absolute atomic E-state index is 12.3. The summed E-state index contributed by atoms with van der Waals surface area (Å²) >= 11 is 0.